The predicted molar refractivity (Wildman–Crippen MR) is 544 cm³/mol. The van der Waals surface area contributed by atoms with Gasteiger partial charge in [0.05, 0.1) is 38.2 Å². The molecule has 3 saturated carbocycles. The Morgan fingerprint density at radius 2 is 0.653 bits per heavy atom. The SMILES string of the molecule is CN(CC(=O)N(CC1CCCCC1)c1ccc(C(=O)O)c(O)c1)S(=O)(=O)c1ccc(-c2ccccc2)cc1.Cc1cc(C)c(S(=O)(=O)N(C)CC(=O)N(CC2CCCCC2)c2ccc(C(=O)O)c(O)c2)c(C)c1.Cc1ccc(S(=O)(=O)N(CC(=O)N(CC2CCCCC2)c2ccc(C(=O)O)c(O)c2)C(=O)OC(C)(C)C)cc1.Cc1ccc(S(=O)(=O)N(CC(=O)Nc2ccc(C(=O)O)c(C)c2)C(=O)OC(C)(C)C)cc1. The Morgan fingerprint density at radius 1 is 0.340 bits per heavy atom. The number of likely N-dealkylation sites (N-methyl/N-ethyl adjacent to an activating group) is 2. The van der Waals surface area contributed by atoms with Gasteiger partial charge < -0.3 is 65.2 Å². The van der Waals surface area contributed by atoms with Crippen LogP contribution in [-0.2, 0) is 68.7 Å². The van der Waals surface area contributed by atoms with Crippen LogP contribution in [0.3, 0.4) is 0 Å². The molecule has 3 aliphatic carbocycles. The van der Waals surface area contributed by atoms with Crippen molar-refractivity contribution in [3.8, 4) is 28.4 Å². The number of carbonyl (C=O) groups is 10. The maximum atomic E-state index is 13.8. The maximum Gasteiger partial charge on any atom is 0.424 e. The van der Waals surface area contributed by atoms with Gasteiger partial charge in [-0.3, -0.25) is 19.2 Å². The fourth-order valence-electron chi connectivity index (χ4n) is 16.9. The fourth-order valence-corrected chi connectivity index (χ4v) is 22.1. The van der Waals surface area contributed by atoms with Crippen molar-refractivity contribution in [2.24, 2.45) is 17.8 Å². The normalized spacial score (nSPS) is 13.9. The number of hydrogen-bond donors (Lipinski definition) is 8. The second kappa shape index (κ2) is 49.6. The number of aromatic hydroxyl groups is 3. The molecular weight excluding hydrogens is 1930 g/mol. The summed E-state index contributed by atoms with van der Waals surface area (Å²) in [4.78, 5) is 129. The zero-order valence-corrected chi connectivity index (χ0v) is 86.5. The van der Waals surface area contributed by atoms with Crippen LogP contribution in [0.15, 0.2) is 208 Å². The number of anilines is 4. The van der Waals surface area contributed by atoms with Gasteiger partial charge in [-0.25, -0.2) is 62.4 Å². The van der Waals surface area contributed by atoms with E-state index < -0.39 is 148 Å². The molecule has 0 aromatic heterocycles. The van der Waals surface area contributed by atoms with Crippen LogP contribution in [0.4, 0.5) is 32.3 Å². The highest BCUT2D eigenvalue weighted by Crippen LogP contribution is 2.37. The average molecular weight is 2060 g/mol. The molecule has 39 heteroatoms. The van der Waals surface area contributed by atoms with Gasteiger partial charge in [0.15, 0.2) is 0 Å². The number of amides is 6. The molecule has 0 radical (unpaired) electrons. The van der Waals surface area contributed by atoms with E-state index in [4.69, 9.17) is 14.6 Å². The highest BCUT2D eigenvalue weighted by molar-refractivity contribution is 7.90. The minimum absolute atomic E-state index is 0.0697. The van der Waals surface area contributed by atoms with Crippen LogP contribution in [0, 0.1) is 59.3 Å². The number of ether oxygens (including phenoxy) is 2. The van der Waals surface area contributed by atoms with Crippen molar-refractivity contribution in [3.63, 3.8) is 0 Å². The molecule has 144 heavy (non-hydrogen) atoms. The molecule has 6 amide bonds. The summed E-state index contributed by atoms with van der Waals surface area (Å²) in [6.45, 7) is 18.5. The largest absolute Gasteiger partial charge is 0.507 e. The molecule has 0 aliphatic heterocycles. The Kier molecular flexibility index (Phi) is 39.3. The molecule has 0 saturated heterocycles. The summed E-state index contributed by atoms with van der Waals surface area (Å²) in [5.41, 5.74) is 4.43. The van der Waals surface area contributed by atoms with Gasteiger partial charge in [0.25, 0.3) is 20.0 Å². The summed E-state index contributed by atoms with van der Waals surface area (Å²) in [6.07, 6.45) is 12.7. The lowest BCUT2D eigenvalue weighted by Crippen LogP contribution is -2.48. The van der Waals surface area contributed by atoms with E-state index in [1.807, 2.05) is 37.3 Å². The minimum atomic E-state index is -4.48. The Hall–Kier alpha value is -13.6. The summed E-state index contributed by atoms with van der Waals surface area (Å²) >= 11 is 0. The molecule has 0 heterocycles. The van der Waals surface area contributed by atoms with Crippen molar-refractivity contribution >= 4 is 123 Å². The molecule has 35 nitrogen and oxygen atoms in total. The maximum absolute atomic E-state index is 13.8. The summed E-state index contributed by atoms with van der Waals surface area (Å²) < 4.78 is 120. The molecule has 3 aliphatic rings. The first-order valence-electron chi connectivity index (χ1n) is 47.0. The Labute approximate surface area is 841 Å². The van der Waals surface area contributed by atoms with Gasteiger partial charge in [0.1, 0.15) is 58.2 Å². The smallest absolute Gasteiger partial charge is 0.424 e. The van der Waals surface area contributed by atoms with Crippen molar-refractivity contribution in [2.75, 3.05) is 79.9 Å². The predicted octanol–water partition coefficient (Wildman–Crippen LogP) is 17.7. The van der Waals surface area contributed by atoms with Crippen LogP contribution < -0.4 is 20.0 Å². The topological polar surface area (TPSA) is 502 Å². The van der Waals surface area contributed by atoms with E-state index in [1.54, 1.807) is 125 Å². The van der Waals surface area contributed by atoms with Gasteiger partial charge in [-0.15, -0.1) is 0 Å². The van der Waals surface area contributed by atoms with E-state index >= 15 is 0 Å². The molecule has 8 N–H and O–H groups in total. The Bertz CT molecular complexity index is 6610. The number of aryl methyl sites for hydroxylation is 6. The molecule has 774 valence electrons. The van der Waals surface area contributed by atoms with Crippen LogP contribution in [0.1, 0.15) is 213 Å². The number of nitrogens with one attached hydrogen (secondary N) is 1. The molecule has 0 spiro atoms. The lowest BCUT2D eigenvalue weighted by Gasteiger charge is -2.32. The zero-order chi connectivity index (χ0) is 106. The number of carboxylic acid groups (broad SMARTS) is 4. The van der Waals surface area contributed by atoms with Gasteiger partial charge >= 0.3 is 36.1 Å². The van der Waals surface area contributed by atoms with Crippen LogP contribution in [0.25, 0.3) is 11.1 Å². The Balaban J connectivity index is 0.000000215. The first-order chi connectivity index (χ1) is 67.5. The summed E-state index contributed by atoms with van der Waals surface area (Å²) in [7, 11) is -14.0. The van der Waals surface area contributed by atoms with Gasteiger partial charge in [-0.05, 0) is 258 Å². The molecule has 9 aromatic carbocycles. The molecule has 0 bridgehead atoms. The van der Waals surface area contributed by atoms with Crippen LogP contribution in [0.2, 0.25) is 0 Å². The second-order valence-corrected chi connectivity index (χ2v) is 45.9. The van der Waals surface area contributed by atoms with Crippen LogP contribution in [0.5, 0.6) is 17.2 Å². The van der Waals surface area contributed by atoms with Crippen LogP contribution in [-0.4, -0.2) is 217 Å². The van der Waals surface area contributed by atoms with Crippen LogP contribution >= 0.6 is 0 Å². The summed E-state index contributed by atoms with van der Waals surface area (Å²) in [5, 5.41) is 70.1. The van der Waals surface area contributed by atoms with E-state index in [-0.39, 0.29) is 84.1 Å². The quantitative estimate of drug-likeness (QED) is 0.0200. The average Bonchev–Trinajstić information content (AvgIpc) is 0.780. The third kappa shape index (κ3) is 31.2. The summed E-state index contributed by atoms with van der Waals surface area (Å²) in [6, 6.07) is 47.3. The van der Waals surface area contributed by atoms with Crippen molar-refractivity contribution in [2.45, 2.75) is 210 Å². The molecule has 3 fully saturated rings. The molecule has 12 rings (SSSR count). The van der Waals surface area contributed by atoms with E-state index in [0.717, 1.165) is 139 Å². The second-order valence-electron chi connectivity index (χ2n) is 38.2. The number of nitrogens with zero attached hydrogens (tertiary/aromatic N) is 7. The summed E-state index contributed by atoms with van der Waals surface area (Å²) in [5.74, 6) is -8.21. The lowest BCUT2D eigenvalue weighted by atomic mass is 9.89. The number of phenols is 3. The molecular formula is C105H128N8O27S4. The van der Waals surface area contributed by atoms with E-state index in [2.05, 4.69) is 5.32 Å². The molecule has 0 atom stereocenters. The Morgan fingerprint density at radius 3 is 0.986 bits per heavy atom. The van der Waals surface area contributed by atoms with Crippen molar-refractivity contribution in [1.82, 2.24) is 17.2 Å². The minimum Gasteiger partial charge on any atom is -0.507 e. The monoisotopic (exact) mass is 2060 g/mol. The number of sulfonamides is 4. The van der Waals surface area contributed by atoms with Gasteiger partial charge in [-0.1, -0.05) is 153 Å². The highest BCUT2D eigenvalue weighted by Gasteiger charge is 2.40. The van der Waals surface area contributed by atoms with Gasteiger partial charge in [-0.2, -0.15) is 17.2 Å². The third-order valence-electron chi connectivity index (χ3n) is 24.3. The third-order valence-corrected chi connectivity index (χ3v) is 31.7. The first-order valence-corrected chi connectivity index (χ1v) is 52.8. The van der Waals surface area contributed by atoms with Crippen molar-refractivity contribution in [1.29, 1.82) is 0 Å². The molecule has 9 aromatic rings. The standard InChI is InChI=1S/C29H32N2O6S.C28H36N2O8S.C26H34N2O6S.C22H26N2O7S/c1-30(38(36,37)25-15-12-23(13-16-25)22-10-6-3-7-11-22)20-28(33)31(19-21-8-4-2-5-9-21)24-14-17-26(29(34)35)27(32)18-24;1-19-10-13-22(14-11-19)39(36,37)30(27(35)38-28(2,3)4)18-25(32)29(17-20-8-6-5-7-9-20)21-12-15-23(26(33)34)24(31)16-21;1-17-12-18(2)25(19(3)13-17)35(33,34)27(4)16-24(30)28(15-20-8-6-5-7-9-20)21-10-11-22(26(31)32)23(29)14-21;1-14-6-9-17(10-7-14)32(29,30)24(21(28)31-22(3,4)5)13-19(25)23-16-8-11-18(20(26)27)15(2)12-16/h3,6-7,10-18,21,32H,2,4-5,8-9,19-20H2,1H3,(H,34,35);10-16,20,31H,5-9,17-18H2,1-4H3,(H,33,34);10-14,20,29H,5-9,15-16H2,1-4H3,(H,31,32);6-12H,13H2,1-5H3,(H,23,25)(H,26,27). The number of rotatable bonds is 31. The highest BCUT2D eigenvalue weighted by atomic mass is 32.2. The van der Waals surface area contributed by atoms with E-state index in [1.165, 1.54) is 132 Å². The lowest BCUT2D eigenvalue weighted by molar-refractivity contribution is -0.119. The number of benzene rings is 9. The van der Waals surface area contributed by atoms with Gasteiger partial charge in [0.2, 0.25) is 43.7 Å². The number of carboxylic acids is 4. The van der Waals surface area contributed by atoms with E-state index in [0.29, 0.717) is 49.8 Å². The van der Waals surface area contributed by atoms with Crippen molar-refractivity contribution < 1.29 is 127 Å². The van der Waals surface area contributed by atoms with E-state index in [9.17, 15) is 112 Å². The zero-order valence-electron chi connectivity index (χ0n) is 83.2. The number of aromatic carboxylic acids is 4. The number of carbonyl (C=O) groups excluding carboxylic acids is 6. The fraction of sp³-hybridized carbons (Fsp3) is 0.390. The number of hydrogen-bond acceptors (Lipinski definition) is 23. The molecule has 0 unspecified atom stereocenters. The van der Waals surface area contributed by atoms with Crippen molar-refractivity contribution in [3.05, 3.63) is 244 Å². The first kappa shape index (κ1) is 114. The van der Waals surface area contributed by atoms with Gasteiger partial charge in [0, 0.05) is 74.7 Å².